The van der Waals surface area contributed by atoms with Crippen LogP contribution >= 0.6 is 30.7 Å². The number of aryl methyl sites for hydroxylation is 2. The molecule has 0 aliphatic rings. The molecular weight excluding hydrogens is 433 g/mol. The molecular formula is C15H15ClN3O5PS2. The van der Waals surface area contributed by atoms with E-state index in [-0.39, 0.29) is 6.42 Å². The van der Waals surface area contributed by atoms with Gasteiger partial charge in [-0.25, -0.2) is 23.0 Å². The Hall–Kier alpha value is -1.39. The average Bonchev–Trinajstić information content (AvgIpc) is 2.98. The lowest BCUT2D eigenvalue weighted by molar-refractivity contribution is 0.368. The van der Waals surface area contributed by atoms with Crippen LogP contribution in [0.2, 0.25) is 5.02 Å². The first-order chi connectivity index (χ1) is 12.5. The van der Waals surface area contributed by atoms with E-state index in [4.69, 9.17) is 21.4 Å². The van der Waals surface area contributed by atoms with Crippen molar-refractivity contribution >= 4 is 50.9 Å². The van der Waals surface area contributed by atoms with Crippen molar-refractivity contribution in [2.75, 3.05) is 5.75 Å². The van der Waals surface area contributed by atoms with Gasteiger partial charge in [0.05, 0.1) is 11.4 Å². The number of halogens is 1. The van der Waals surface area contributed by atoms with Crippen LogP contribution in [-0.2, 0) is 21.0 Å². The Bertz CT molecular complexity index is 1160. The van der Waals surface area contributed by atoms with E-state index in [1.807, 2.05) is 31.2 Å². The van der Waals surface area contributed by atoms with Gasteiger partial charge in [0.1, 0.15) is 11.2 Å². The van der Waals surface area contributed by atoms with Crippen LogP contribution in [0.5, 0.6) is 0 Å². The highest BCUT2D eigenvalue weighted by molar-refractivity contribution is 7.94. The first-order valence-electron chi connectivity index (χ1n) is 7.61. The zero-order valence-electron chi connectivity index (χ0n) is 14.0. The minimum atomic E-state index is -4.88. The molecule has 3 rings (SSSR count). The number of aromatic nitrogens is 2. The second kappa shape index (κ2) is 7.56. The smallest absolute Gasteiger partial charge is 0.312 e. The third-order valence-corrected chi connectivity index (χ3v) is 8.04. The molecule has 0 aliphatic heterocycles. The molecule has 0 bridgehead atoms. The number of nitrogens with zero attached hydrogens (tertiary/aromatic N) is 2. The predicted octanol–water partition coefficient (Wildman–Crippen LogP) is 2.87. The Balaban J connectivity index is 1.90. The van der Waals surface area contributed by atoms with Crippen LogP contribution in [0.4, 0.5) is 0 Å². The van der Waals surface area contributed by atoms with Crippen LogP contribution in [0.15, 0.2) is 30.6 Å². The summed E-state index contributed by atoms with van der Waals surface area (Å²) < 4.78 is 35.8. The second-order valence-corrected chi connectivity index (χ2v) is 10.7. The van der Waals surface area contributed by atoms with Crippen molar-refractivity contribution in [3.05, 3.63) is 46.9 Å². The van der Waals surface area contributed by atoms with Gasteiger partial charge in [0, 0.05) is 21.7 Å². The summed E-state index contributed by atoms with van der Waals surface area (Å²) >= 11 is 7.61. The molecule has 0 amide bonds. The van der Waals surface area contributed by atoms with Crippen LogP contribution in [0.25, 0.3) is 20.7 Å². The summed E-state index contributed by atoms with van der Waals surface area (Å²) in [5.41, 5.74) is 2.36. The van der Waals surface area contributed by atoms with Crippen molar-refractivity contribution in [3.8, 4) is 10.4 Å². The number of fused-ring (bicyclic) bond motifs is 1. The molecule has 0 radical (unpaired) electrons. The Labute approximate surface area is 164 Å². The molecule has 2 aromatic heterocycles. The van der Waals surface area contributed by atoms with Crippen molar-refractivity contribution in [1.82, 2.24) is 14.5 Å². The molecule has 2 heterocycles. The van der Waals surface area contributed by atoms with Gasteiger partial charge >= 0.3 is 7.75 Å². The van der Waals surface area contributed by atoms with E-state index in [0.717, 1.165) is 16.0 Å². The fraction of sp³-hybridized carbons (Fsp3) is 0.200. The minimum absolute atomic E-state index is 0.0147. The molecule has 12 heteroatoms. The van der Waals surface area contributed by atoms with Crippen LogP contribution in [0, 0.1) is 6.92 Å². The molecule has 0 spiro atoms. The van der Waals surface area contributed by atoms with Gasteiger partial charge < -0.3 is 9.79 Å². The van der Waals surface area contributed by atoms with Gasteiger partial charge in [0.15, 0.2) is 0 Å². The topological polar surface area (TPSA) is 129 Å². The minimum Gasteiger partial charge on any atom is -0.312 e. The van der Waals surface area contributed by atoms with Crippen molar-refractivity contribution in [2.24, 2.45) is 0 Å². The van der Waals surface area contributed by atoms with Crippen molar-refractivity contribution in [2.45, 2.75) is 13.3 Å². The SMILES string of the molecule is Cc1ccc(-c2cc3c(CCS(=O)(=O)NP(=O)(O)O)ncnc3s2)cc1Cl. The summed E-state index contributed by atoms with van der Waals surface area (Å²) in [6.45, 7) is 1.91. The maximum absolute atomic E-state index is 11.8. The molecule has 0 atom stereocenters. The predicted molar refractivity (Wildman–Crippen MR) is 105 cm³/mol. The maximum atomic E-state index is 11.8. The van der Waals surface area contributed by atoms with Crippen LogP contribution in [0.3, 0.4) is 0 Å². The van der Waals surface area contributed by atoms with Gasteiger partial charge in [0.2, 0.25) is 10.0 Å². The third kappa shape index (κ3) is 5.11. The van der Waals surface area contributed by atoms with E-state index in [2.05, 4.69) is 9.97 Å². The van der Waals surface area contributed by atoms with Gasteiger partial charge in [-0.1, -0.05) is 23.7 Å². The molecule has 3 aromatic rings. The van der Waals surface area contributed by atoms with E-state index < -0.39 is 23.5 Å². The number of nitrogens with one attached hydrogen (secondary N) is 1. The zero-order valence-corrected chi connectivity index (χ0v) is 17.2. The molecule has 0 saturated carbocycles. The quantitative estimate of drug-likeness (QED) is 0.495. The fourth-order valence-corrected chi connectivity index (χ4v) is 5.92. The first kappa shape index (κ1) is 20.3. The zero-order chi connectivity index (χ0) is 19.8. The van der Waals surface area contributed by atoms with E-state index in [0.29, 0.717) is 20.9 Å². The third-order valence-electron chi connectivity index (χ3n) is 3.73. The van der Waals surface area contributed by atoms with Gasteiger partial charge in [-0.3, -0.25) is 0 Å². The fourth-order valence-electron chi connectivity index (χ4n) is 2.45. The van der Waals surface area contributed by atoms with E-state index in [1.165, 1.54) is 22.2 Å². The molecule has 0 aliphatic carbocycles. The number of hydrogen-bond donors (Lipinski definition) is 3. The highest BCUT2D eigenvalue weighted by Gasteiger charge is 2.23. The van der Waals surface area contributed by atoms with Gasteiger partial charge in [0.25, 0.3) is 0 Å². The summed E-state index contributed by atoms with van der Waals surface area (Å²) in [6, 6.07) is 7.56. The van der Waals surface area contributed by atoms with Crippen molar-refractivity contribution < 1.29 is 22.8 Å². The lowest BCUT2D eigenvalue weighted by Crippen LogP contribution is -2.24. The van der Waals surface area contributed by atoms with Gasteiger partial charge in [-0.05, 0) is 30.2 Å². The van der Waals surface area contributed by atoms with E-state index in [1.54, 1.807) is 0 Å². The standard InChI is InChI=1S/C15H15ClN3O5PS2/c1-9-2-3-10(6-12(9)16)14-7-11-13(17-8-18-15(11)26-14)4-5-27(23,24)19-25(20,21)22/h2-3,6-8H,4-5H2,1H3,(H3,19,20,21,22). The summed E-state index contributed by atoms with van der Waals surface area (Å²) in [4.78, 5) is 27.5. The van der Waals surface area contributed by atoms with E-state index in [9.17, 15) is 13.0 Å². The maximum Gasteiger partial charge on any atom is 0.413 e. The Morgan fingerprint density at radius 3 is 2.67 bits per heavy atom. The molecule has 8 nitrogen and oxygen atoms in total. The number of thiophene rings is 1. The number of hydrogen-bond acceptors (Lipinski definition) is 6. The normalized spacial score (nSPS) is 12.6. The average molecular weight is 448 g/mol. The monoisotopic (exact) mass is 447 g/mol. The molecule has 0 unspecified atom stereocenters. The molecule has 144 valence electrons. The molecule has 0 fully saturated rings. The molecule has 0 saturated heterocycles. The summed E-state index contributed by atoms with van der Waals surface area (Å²) in [7, 11) is -9.03. The first-order valence-corrected chi connectivity index (χ1v) is 12.1. The highest BCUT2D eigenvalue weighted by Crippen LogP contribution is 2.35. The Morgan fingerprint density at radius 1 is 1.26 bits per heavy atom. The van der Waals surface area contributed by atoms with E-state index >= 15 is 0 Å². The van der Waals surface area contributed by atoms with Gasteiger partial charge in [-0.2, -0.15) is 0 Å². The number of benzene rings is 1. The summed E-state index contributed by atoms with van der Waals surface area (Å²) in [6.07, 6.45) is 1.32. The van der Waals surface area contributed by atoms with Crippen molar-refractivity contribution in [3.63, 3.8) is 0 Å². The lowest BCUT2D eigenvalue weighted by Gasteiger charge is -2.07. The number of sulfonamides is 1. The van der Waals surface area contributed by atoms with Crippen molar-refractivity contribution in [1.29, 1.82) is 0 Å². The second-order valence-electron chi connectivity index (χ2n) is 5.82. The molecule has 27 heavy (non-hydrogen) atoms. The van der Waals surface area contributed by atoms with Gasteiger partial charge in [-0.15, -0.1) is 15.8 Å². The largest absolute Gasteiger partial charge is 0.413 e. The molecule has 1 aromatic carbocycles. The van der Waals surface area contributed by atoms with Crippen LogP contribution in [-0.4, -0.2) is 33.9 Å². The van der Waals surface area contributed by atoms with Crippen LogP contribution in [0.1, 0.15) is 11.3 Å². The number of rotatable bonds is 6. The van der Waals surface area contributed by atoms with Crippen LogP contribution < -0.4 is 4.49 Å². The Kier molecular flexibility index (Phi) is 5.69. The summed E-state index contributed by atoms with van der Waals surface area (Å²) in [5, 5.41) is 1.34. The molecule has 3 N–H and O–H groups in total. The lowest BCUT2D eigenvalue weighted by atomic mass is 10.1. The summed E-state index contributed by atoms with van der Waals surface area (Å²) in [5.74, 6) is -0.508. The Morgan fingerprint density at radius 2 is 2.00 bits per heavy atom. The highest BCUT2D eigenvalue weighted by atomic mass is 35.5.